The molecule has 0 spiro atoms. The van der Waals surface area contributed by atoms with Gasteiger partial charge in [-0.15, -0.1) is 4.47 Å². The van der Waals surface area contributed by atoms with Gasteiger partial charge in [0.2, 0.25) is 0 Å². The summed E-state index contributed by atoms with van der Waals surface area (Å²) in [6.07, 6.45) is 2.09. The fourth-order valence-electron chi connectivity index (χ4n) is 1.10. The van der Waals surface area contributed by atoms with E-state index in [0.717, 1.165) is 6.26 Å². The molecule has 0 atom stereocenters. The van der Waals surface area contributed by atoms with E-state index in [1.165, 1.54) is 18.3 Å². The normalized spacial score (nSPS) is 10.9. The Balaban J connectivity index is 2.94. The van der Waals surface area contributed by atoms with Crippen LogP contribution in [0, 0.1) is 5.41 Å². The molecule has 0 aliphatic rings. The van der Waals surface area contributed by atoms with Crippen LogP contribution in [0.1, 0.15) is 0 Å². The average molecular weight is 243 g/mol. The van der Waals surface area contributed by atoms with Gasteiger partial charge in [-0.2, -0.15) is 0 Å². The SMILES string of the molecule is CS(=O)(=O)N(O)c1cccc(NCC=N)c1. The van der Waals surface area contributed by atoms with Crippen molar-refractivity contribution in [1.82, 2.24) is 0 Å². The molecule has 0 aliphatic carbocycles. The second kappa shape index (κ2) is 4.95. The number of benzene rings is 1. The lowest BCUT2D eigenvalue weighted by atomic mass is 10.3. The first-order valence-electron chi connectivity index (χ1n) is 4.47. The molecule has 0 heterocycles. The highest BCUT2D eigenvalue weighted by molar-refractivity contribution is 7.91. The Bertz CT molecular complexity index is 473. The Morgan fingerprint density at radius 3 is 2.81 bits per heavy atom. The van der Waals surface area contributed by atoms with Crippen LogP contribution in [-0.2, 0) is 10.0 Å². The number of anilines is 2. The molecule has 7 heteroatoms. The van der Waals surface area contributed by atoms with E-state index in [1.807, 2.05) is 0 Å². The predicted molar refractivity (Wildman–Crippen MR) is 62.8 cm³/mol. The number of hydrogen-bond donors (Lipinski definition) is 3. The molecule has 0 fully saturated rings. The Labute approximate surface area is 94.0 Å². The predicted octanol–water partition coefficient (Wildman–Crippen LogP) is 0.903. The van der Waals surface area contributed by atoms with Crippen molar-refractivity contribution in [2.24, 2.45) is 0 Å². The van der Waals surface area contributed by atoms with Crippen LogP contribution in [0.3, 0.4) is 0 Å². The lowest BCUT2D eigenvalue weighted by Gasteiger charge is -2.15. The zero-order chi connectivity index (χ0) is 12.2. The number of rotatable bonds is 5. The van der Waals surface area contributed by atoms with Crippen LogP contribution in [0.25, 0.3) is 0 Å². The third-order valence-corrected chi connectivity index (χ3v) is 2.63. The minimum absolute atomic E-state index is 0.150. The van der Waals surface area contributed by atoms with E-state index < -0.39 is 10.0 Å². The zero-order valence-electron chi connectivity index (χ0n) is 8.71. The molecule has 1 aromatic rings. The van der Waals surface area contributed by atoms with Crippen LogP contribution in [-0.4, -0.2) is 32.6 Å². The quantitative estimate of drug-likeness (QED) is 0.529. The molecular weight excluding hydrogens is 230 g/mol. The summed E-state index contributed by atoms with van der Waals surface area (Å²) in [4.78, 5) is 0. The average Bonchev–Trinajstić information content (AvgIpc) is 2.24. The summed E-state index contributed by atoms with van der Waals surface area (Å²) in [5.74, 6) is 0. The molecular formula is C9H13N3O3S. The Kier molecular flexibility index (Phi) is 3.86. The summed E-state index contributed by atoms with van der Waals surface area (Å²) in [6.45, 7) is 0.341. The first-order chi connectivity index (χ1) is 7.45. The van der Waals surface area contributed by atoms with Crippen molar-refractivity contribution in [2.75, 3.05) is 22.6 Å². The van der Waals surface area contributed by atoms with Crippen molar-refractivity contribution in [1.29, 1.82) is 5.41 Å². The van der Waals surface area contributed by atoms with Crippen molar-refractivity contribution in [3.8, 4) is 0 Å². The smallest absolute Gasteiger partial charge is 0.254 e. The molecule has 0 aromatic heterocycles. The molecule has 0 unspecified atom stereocenters. The highest BCUT2D eigenvalue weighted by Crippen LogP contribution is 2.19. The van der Waals surface area contributed by atoms with Crippen molar-refractivity contribution in [2.45, 2.75) is 0 Å². The highest BCUT2D eigenvalue weighted by Gasteiger charge is 2.14. The van der Waals surface area contributed by atoms with E-state index in [1.54, 1.807) is 12.1 Å². The topological polar surface area (TPSA) is 93.5 Å². The fraction of sp³-hybridized carbons (Fsp3) is 0.222. The van der Waals surface area contributed by atoms with Gasteiger partial charge < -0.3 is 10.7 Å². The summed E-state index contributed by atoms with van der Waals surface area (Å²) in [5.41, 5.74) is 0.779. The molecule has 0 aliphatic heterocycles. The lowest BCUT2D eigenvalue weighted by Crippen LogP contribution is -2.25. The molecule has 0 amide bonds. The van der Waals surface area contributed by atoms with Crippen LogP contribution in [0.5, 0.6) is 0 Å². The summed E-state index contributed by atoms with van der Waals surface area (Å²) in [5, 5.41) is 19.1. The third kappa shape index (κ3) is 3.21. The van der Waals surface area contributed by atoms with E-state index in [9.17, 15) is 13.6 Å². The first kappa shape index (κ1) is 12.5. The maximum atomic E-state index is 11.1. The van der Waals surface area contributed by atoms with Gasteiger partial charge in [0, 0.05) is 18.4 Å². The van der Waals surface area contributed by atoms with E-state index in [0.29, 0.717) is 12.2 Å². The maximum absolute atomic E-state index is 11.1. The van der Waals surface area contributed by atoms with Gasteiger partial charge in [0.25, 0.3) is 10.0 Å². The van der Waals surface area contributed by atoms with Crippen LogP contribution in [0.4, 0.5) is 11.4 Å². The highest BCUT2D eigenvalue weighted by atomic mass is 32.2. The number of sulfonamides is 1. The van der Waals surface area contributed by atoms with Gasteiger partial charge in [0.1, 0.15) is 0 Å². The maximum Gasteiger partial charge on any atom is 0.254 e. The molecule has 0 saturated heterocycles. The van der Waals surface area contributed by atoms with Crippen LogP contribution < -0.4 is 9.79 Å². The van der Waals surface area contributed by atoms with Crippen LogP contribution in [0.2, 0.25) is 0 Å². The Morgan fingerprint density at radius 2 is 2.25 bits per heavy atom. The van der Waals surface area contributed by atoms with Gasteiger partial charge in [-0.3, -0.25) is 5.21 Å². The number of nitrogens with zero attached hydrogens (tertiary/aromatic N) is 1. The van der Waals surface area contributed by atoms with Crippen LogP contribution in [0.15, 0.2) is 24.3 Å². The second-order valence-corrected chi connectivity index (χ2v) is 4.95. The monoisotopic (exact) mass is 243 g/mol. The van der Waals surface area contributed by atoms with E-state index >= 15 is 0 Å². The van der Waals surface area contributed by atoms with Crippen molar-refractivity contribution in [3.63, 3.8) is 0 Å². The fourth-order valence-corrected chi connectivity index (χ4v) is 1.59. The van der Waals surface area contributed by atoms with Crippen molar-refractivity contribution >= 4 is 27.6 Å². The van der Waals surface area contributed by atoms with E-state index in [4.69, 9.17) is 5.41 Å². The zero-order valence-corrected chi connectivity index (χ0v) is 9.53. The van der Waals surface area contributed by atoms with Gasteiger partial charge >= 0.3 is 0 Å². The van der Waals surface area contributed by atoms with Crippen molar-refractivity contribution in [3.05, 3.63) is 24.3 Å². The molecule has 0 bridgehead atoms. The Morgan fingerprint density at radius 1 is 1.56 bits per heavy atom. The molecule has 1 aromatic carbocycles. The number of hydrogen-bond acceptors (Lipinski definition) is 5. The summed E-state index contributed by atoms with van der Waals surface area (Å²) < 4.78 is 22.4. The third-order valence-electron chi connectivity index (χ3n) is 1.79. The molecule has 88 valence electrons. The van der Waals surface area contributed by atoms with Gasteiger partial charge in [0.15, 0.2) is 0 Å². The number of nitrogens with one attached hydrogen (secondary N) is 2. The van der Waals surface area contributed by atoms with Crippen LogP contribution >= 0.6 is 0 Å². The minimum Gasteiger partial charge on any atom is -0.380 e. The van der Waals surface area contributed by atoms with Gasteiger partial charge in [-0.1, -0.05) is 6.07 Å². The lowest BCUT2D eigenvalue weighted by molar-refractivity contribution is 0.317. The first-order valence-corrected chi connectivity index (χ1v) is 6.32. The molecule has 16 heavy (non-hydrogen) atoms. The standard InChI is InChI=1S/C9H13N3O3S/c1-16(14,15)12(13)9-4-2-3-8(7-9)11-6-5-10/h2-5,7,10-11,13H,6H2,1H3. The summed E-state index contributed by atoms with van der Waals surface area (Å²) >= 11 is 0. The largest absolute Gasteiger partial charge is 0.380 e. The van der Waals surface area contributed by atoms with E-state index in [-0.39, 0.29) is 10.2 Å². The molecule has 0 radical (unpaired) electrons. The molecule has 0 saturated carbocycles. The van der Waals surface area contributed by atoms with Gasteiger partial charge in [-0.25, -0.2) is 8.42 Å². The van der Waals surface area contributed by atoms with Gasteiger partial charge in [-0.05, 0) is 18.2 Å². The molecule has 1 rings (SSSR count). The molecule has 3 N–H and O–H groups in total. The minimum atomic E-state index is -3.68. The summed E-state index contributed by atoms with van der Waals surface area (Å²) in [6, 6.07) is 6.26. The molecule has 6 nitrogen and oxygen atoms in total. The summed E-state index contributed by atoms with van der Waals surface area (Å²) in [7, 11) is -3.68. The Hall–Kier alpha value is -1.60. The van der Waals surface area contributed by atoms with Gasteiger partial charge in [0.05, 0.1) is 11.9 Å². The second-order valence-electron chi connectivity index (χ2n) is 3.14. The van der Waals surface area contributed by atoms with E-state index in [2.05, 4.69) is 5.32 Å². The van der Waals surface area contributed by atoms with Crippen molar-refractivity contribution < 1.29 is 13.6 Å².